The molecule has 0 unspecified atom stereocenters. The van der Waals surface area contributed by atoms with Gasteiger partial charge in [0.1, 0.15) is 17.4 Å². The summed E-state index contributed by atoms with van der Waals surface area (Å²) in [5.41, 5.74) is -3.42. The number of hydrogen-bond donors (Lipinski definition) is 0. The van der Waals surface area contributed by atoms with Crippen molar-refractivity contribution in [3.8, 4) is 6.07 Å². The van der Waals surface area contributed by atoms with E-state index < -0.39 is 40.5 Å². The van der Waals surface area contributed by atoms with Crippen molar-refractivity contribution in [1.29, 1.82) is 5.26 Å². The first-order chi connectivity index (χ1) is 15.0. The SMILES string of the molecule is CC(=O)c1ccc(N2C(=S)N(c3cnc(C#N)c(C(F)(F)F)c3)C(=O)C23CCC3)cc1F. The lowest BCUT2D eigenvalue weighted by Gasteiger charge is -2.43. The first-order valence-corrected chi connectivity index (χ1v) is 9.88. The smallest absolute Gasteiger partial charge is 0.303 e. The van der Waals surface area contributed by atoms with E-state index in [-0.39, 0.29) is 22.1 Å². The Morgan fingerprint density at radius 1 is 1.25 bits per heavy atom. The fourth-order valence-corrected chi connectivity index (χ4v) is 4.49. The number of halogens is 4. The zero-order valence-corrected chi connectivity index (χ0v) is 17.4. The molecule has 0 bridgehead atoms. The number of hydrogen-bond acceptors (Lipinski definition) is 5. The van der Waals surface area contributed by atoms with Crippen molar-refractivity contribution in [2.24, 2.45) is 0 Å². The number of rotatable bonds is 3. The number of ketones is 1. The minimum absolute atomic E-state index is 0.129. The minimum Gasteiger partial charge on any atom is -0.303 e. The standard InChI is InChI=1S/C21H14F4N4O2S/c1-11(30)14-4-3-12(8-16(14)22)29-19(32)28(18(31)20(29)5-2-6-20)13-7-15(21(23,24)25)17(9-26)27-10-13/h3-4,7-8,10H,2,5-6H2,1H3. The highest BCUT2D eigenvalue weighted by molar-refractivity contribution is 7.81. The maximum absolute atomic E-state index is 14.5. The fraction of sp³-hybridized carbons (Fsp3) is 0.286. The number of pyridine rings is 1. The third-order valence-corrected chi connectivity index (χ3v) is 6.09. The third kappa shape index (κ3) is 3.14. The van der Waals surface area contributed by atoms with Gasteiger partial charge in [0.25, 0.3) is 5.91 Å². The van der Waals surface area contributed by atoms with Crippen molar-refractivity contribution >= 4 is 40.4 Å². The van der Waals surface area contributed by atoms with E-state index in [1.165, 1.54) is 30.0 Å². The summed E-state index contributed by atoms with van der Waals surface area (Å²) in [6.07, 6.45) is -2.47. The van der Waals surface area contributed by atoms with Gasteiger partial charge < -0.3 is 4.90 Å². The van der Waals surface area contributed by atoms with Crippen LogP contribution < -0.4 is 9.80 Å². The van der Waals surface area contributed by atoms with Crippen LogP contribution in [0.3, 0.4) is 0 Å². The van der Waals surface area contributed by atoms with E-state index in [1.54, 1.807) is 0 Å². The van der Waals surface area contributed by atoms with E-state index in [9.17, 15) is 27.2 Å². The number of benzene rings is 1. The molecule has 2 fully saturated rings. The normalized spacial score (nSPS) is 17.5. The van der Waals surface area contributed by atoms with Gasteiger partial charge in [-0.3, -0.25) is 14.5 Å². The van der Waals surface area contributed by atoms with Gasteiger partial charge in [0, 0.05) is 5.69 Å². The van der Waals surface area contributed by atoms with E-state index in [2.05, 4.69) is 4.98 Å². The lowest BCUT2D eigenvalue weighted by molar-refractivity contribution is -0.138. The Labute approximate surface area is 185 Å². The van der Waals surface area contributed by atoms with Crippen LogP contribution in [0.5, 0.6) is 0 Å². The number of Topliss-reactive ketones (excluding diaryl/α,β-unsaturated/α-hetero) is 1. The van der Waals surface area contributed by atoms with Gasteiger partial charge >= 0.3 is 6.18 Å². The Morgan fingerprint density at radius 2 is 1.94 bits per heavy atom. The predicted octanol–water partition coefficient (Wildman–Crippen LogP) is 4.37. The van der Waals surface area contributed by atoms with Crippen LogP contribution in [-0.4, -0.2) is 27.3 Å². The van der Waals surface area contributed by atoms with E-state index in [1.807, 2.05) is 0 Å². The molecule has 1 amide bonds. The van der Waals surface area contributed by atoms with Crippen molar-refractivity contribution in [3.05, 3.63) is 53.1 Å². The van der Waals surface area contributed by atoms with Gasteiger partial charge in [-0.1, -0.05) is 0 Å². The number of thiocarbonyl (C=S) groups is 1. The van der Waals surface area contributed by atoms with Crippen LogP contribution in [-0.2, 0) is 11.0 Å². The molecular formula is C21H14F4N4O2S. The molecule has 2 aromatic rings. The second kappa shape index (κ2) is 7.34. The number of aromatic nitrogens is 1. The van der Waals surface area contributed by atoms with Gasteiger partial charge in [-0.15, -0.1) is 0 Å². The van der Waals surface area contributed by atoms with Crippen molar-refractivity contribution in [1.82, 2.24) is 4.98 Å². The van der Waals surface area contributed by atoms with Gasteiger partial charge in [0.05, 0.1) is 23.0 Å². The summed E-state index contributed by atoms with van der Waals surface area (Å²) in [7, 11) is 0. The van der Waals surface area contributed by atoms with Crippen molar-refractivity contribution in [2.45, 2.75) is 37.9 Å². The van der Waals surface area contributed by atoms with E-state index >= 15 is 0 Å². The third-order valence-electron chi connectivity index (χ3n) is 5.73. The van der Waals surface area contributed by atoms with Crippen LogP contribution in [0.2, 0.25) is 0 Å². The average molecular weight is 462 g/mol. The molecule has 6 nitrogen and oxygen atoms in total. The van der Waals surface area contributed by atoms with Crippen LogP contribution in [0.15, 0.2) is 30.5 Å². The second-order valence-corrected chi connectivity index (χ2v) is 7.93. The van der Waals surface area contributed by atoms with Gasteiger partial charge in [0.15, 0.2) is 16.6 Å². The molecule has 1 saturated carbocycles. The van der Waals surface area contributed by atoms with Crippen LogP contribution in [0.1, 0.15) is 47.8 Å². The number of nitriles is 1. The van der Waals surface area contributed by atoms with Crippen LogP contribution in [0, 0.1) is 17.1 Å². The Morgan fingerprint density at radius 3 is 2.44 bits per heavy atom. The van der Waals surface area contributed by atoms with Gasteiger partial charge in [-0.2, -0.15) is 18.4 Å². The largest absolute Gasteiger partial charge is 0.419 e. The molecule has 11 heteroatoms. The molecule has 2 aliphatic rings. The molecule has 4 rings (SSSR count). The molecule has 1 spiro atoms. The Kier molecular flexibility index (Phi) is 5.01. The first kappa shape index (κ1) is 21.8. The summed E-state index contributed by atoms with van der Waals surface area (Å²) in [4.78, 5) is 30.8. The van der Waals surface area contributed by atoms with E-state index in [4.69, 9.17) is 17.5 Å². The Hall–Kier alpha value is -3.39. The van der Waals surface area contributed by atoms with E-state index in [0.29, 0.717) is 25.3 Å². The number of carbonyl (C=O) groups is 2. The summed E-state index contributed by atoms with van der Waals surface area (Å²) < 4.78 is 54.7. The molecule has 0 N–H and O–H groups in total. The number of alkyl halides is 3. The van der Waals surface area contributed by atoms with Crippen molar-refractivity contribution in [2.75, 3.05) is 9.80 Å². The highest BCUT2D eigenvalue weighted by Gasteiger charge is 2.59. The topological polar surface area (TPSA) is 77.3 Å². The lowest BCUT2D eigenvalue weighted by atomic mass is 9.75. The number of nitrogens with zero attached hydrogens (tertiary/aromatic N) is 4. The molecular weight excluding hydrogens is 448 g/mol. The van der Waals surface area contributed by atoms with Crippen LogP contribution >= 0.6 is 12.2 Å². The monoisotopic (exact) mass is 462 g/mol. The van der Waals surface area contributed by atoms with Crippen molar-refractivity contribution in [3.63, 3.8) is 0 Å². The minimum atomic E-state index is -4.86. The first-order valence-electron chi connectivity index (χ1n) is 9.48. The summed E-state index contributed by atoms with van der Waals surface area (Å²) in [5.74, 6) is -1.82. The Bertz CT molecular complexity index is 1220. The number of carbonyl (C=O) groups excluding carboxylic acids is 2. The van der Waals surface area contributed by atoms with Crippen molar-refractivity contribution < 1.29 is 27.2 Å². The highest BCUT2D eigenvalue weighted by Crippen LogP contribution is 2.48. The maximum atomic E-state index is 14.5. The fourth-order valence-electron chi connectivity index (χ4n) is 4.02. The molecule has 32 heavy (non-hydrogen) atoms. The van der Waals surface area contributed by atoms with Gasteiger partial charge in [-0.05, 0) is 62.7 Å². The Balaban J connectivity index is 1.82. The molecule has 1 aliphatic carbocycles. The molecule has 2 heterocycles. The second-order valence-electron chi connectivity index (χ2n) is 7.56. The molecule has 1 aromatic heterocycles. The summed E-state index contributed by atoms with van der Waals surface area (Å²) in [6, 6.07) is 5.85. The van der Waals surface area contributed by atoms with E-state index in [0.717, 1.165) is 17.2 Å². The summed E-state index contributed by atoms with van der Waals surface area (Å²) in [6.45, 7) is 1.22. The zero-order valence-electron chi connectivity index (χ0n) is 16.5. The average Bonchev–Trinajstić information content (AvgIpc) is 2.93. The lowest BCUT2D eigenvalue weighted by Crippen LogP contribution is -2.55. The highest BCUT2D eigenvalue weighted by atomic mass is 32.1. The van der Waals surface area contributed by atoms with Crippen LogP contribution in [0.25, 0.3) is 0 Å². The van der Waals surface area contributed by atoms with Gasteiger partial charge in [-0.25, -0.2) is 9.37 Å². The van der Waals surface area contributed by atoms with Crippen LogP contribution in [0.4, 0.5) is 28.9 Å². The quantitative estimate of drug-likeness (QED) is 0.383. The molecule has 0 radical (unpaired) electrons. The molecule has 0 atom stereocenters. The molecule has 1 saturated heterocycles. The van der Waals surface area contributed by atoms with Gasteiger partial charge in [0.2, 0.25) is 0 Å². The summed E-state index contributed by atoms with van der Waals surface area (Å²) in [5, 5.41) is 8.83. The zero-order chi connectivity index (χ0) is 23.4. The summed E-state index contributed by atoms with van der Waals surface area (Å²) >= 11 is 5.45. The molecule has 164 valence electrons. The maximum Gasteiger partial charge on any atom is 0.419 e. The molecule has 1 aliphatic heterocycles. The number of amides is 1. The predicted molar refractivity (Wildman–Crippen MR) is 110 cm³/mol. The number of anilines is 2. The molecule has 1 aromatic carbocycles.